The van der Waals surface area contributed by atoms with Gasteiger partial charge in [-0.05, 0) is 40.7 Å². The van der Waals surface area contributed by atoms with Crippen molar-refractivity contribution in [1.82, 2.24) is 0 Å². The van der Waals surface area contributed by atoms with Crippen molar-refractivity contribution in [2.24, 2.45) is 5.73 Å². The van der Waals surface area contributed by atoms with Crippen LogP contribution in [-0.2, 0) is 4.79 Å². The van der Waals surface area contributed by atoms with Crippen LogP contribution in [0.3, 0.4) is 0 Å². The van der Waals surface area contributed by atoms with E-state index >= 15 is 0 Å². The van der Waals surface area contributed by atoms with Crippen molar-refractivity contribution < 1.29 is 4.79 Å². The molecule has 2 aromatic carbocycles. The van der Waals surface area contributed by atoms with Crippen LogP contribution >= 0.6 is 11.8 Å². The van der Waals surface area contributed by atoms with E-state index in [1.807, 2.05) is 36.0 Å². The summed E-state index contributed by atoms with van der Waals surface area (Å²) < 4.78 is 0. The summed E-state index contributed by atoms with van der Waals surface area (Å²) in [6.45, 7) is 2.15. The van der Waals surface area contributed by atoms with Gasteiger partial charge in [0.2, 0.25) is 5.91 Å². The Balaban J connectivity index is 2.15. The van der Waals surface area contributed by atoms with Crippen LogP contribution in [0.15, 0.2) is 59.5 Å². The SMILES string of the molecule is CCSc1ccc(-c2ccc(C=CC(N)=O)cc2)cc1. The fourth-order valence-corrected chi connectivity index (χ4v) is 2.54. The predicted octanol–water partition coefficient (Wildman–Crippen LogP) is 3.96. The van der Waals surface area contributed by atoms with Crippen molar-refractivity contribution in [2.75, 3.05) is 5.75 Å². The first-order valence-electron chi connectivity index (χ1n) is 6.50. The van der Waals surface area contributed by atoms with E-state index in [2.05, 4.69) is 31.2 Å². The molecule has 0 aliphatic heterocycles. The minimum absolute atomic E-state index is 0.432. The van der Waals surface area contributed by atoms with Gasteiger partial charge in [0.05, 0.1) is 0 Å². The minimum Gasteiger partial charge on any atom is -0.366 e. The number of amides is 1. The van der Waals surface area contributed by atoms with E-state index in [-0.39, 0.29) is 0 Å². The monoisotopic (exact) mass is 283 g/mol. The largest absolute Gasteiger partial charge is 0.366 e. The molecule has 0 saturated carbocycles. The summed E-state index contributed by atoms with van der Waals surface area (Å²) >= 11 is 1.84. The molecular formula is C17H17NOS. The summed E-state index contributed by atoms with van der Waals surface area (Å²) in [5.74, 6) is 0.651. The standard InChI is InChI=1S/C17H17NOS/c1-2-20-16-10-8-15(9-11-16)14-6-3-13(4-7-14)5-12-17(18)19/h3-12H,2H2,1H3,(H2,18,19). The van der Waals surface area contributed by atoms with Gasteiger partial charge in [-0.2, -0.15) is 0 Å². The molecular weight excluding hydrogens is 266 g/mol. The Hall–Kier alpha value is -2.00. The zero-order chi connectivity index (χ0) is 14.4. The number of carbonyl (C=O) groups excluding carboxylic acids is 1. The van der Waals surface area contributed by atoms with Crippen molar-refractivity contribution in [3.63, 3.8) is 0 Å². The van der Waals surface area contributed by atoms with E-state index < -0.39 is 5.91 Å². The molecule has 0 atom stereocenters. The van der Waals surface area contributed by atoms with Gasteiger partial charge in [-0.15, -0.1) is 11.8 Å². The number of rotatable bonds is 5. The second kappa shape index (κ2) is 6.96. The summed E-state index contributed by atoms with van der Waals surface area (Å²) in [6.07, 6.45) is 3.08. The average molecular weight is 283 g/mol. The smallest absolute Gasteiger partial charge is 0.241 e. The molecule has 0 aliphatic carbocycles. The number of nitrogens with two attached hydrogens (primary N) is 1. The van der Waals surface area contributed by atoms with Gasteiger partial charge in [-0.25, -0.2) is 0 Å². The highest BCUT2D eigenvalue weighted by molar-refractivity contribution is 7.99. The van der Waals surface area contributed by atoms with E-state index in [4.69, 9.17) is 5.73 Å². The zero-order valence-corrected chi connectivity index (χ0v) is 12.2. The van der Waals surface area contributed by atoms with Crippen molar-refractivity contribution >= 4 is 23.7 Å². The van der Waals surface area contributed by atoms with E-state index in [0.29, 0.717) is 0 Å². The fourth-order valence-electron chi connectivity index (χ4n) is 1.88. The molecule has 2 nitrogen and oxygen atoms in total. The minimum atomic E-state index is -0.432. The van der Waals surface area contributed by atoms with Gasteiger partial charge in [-0.3, -0.25) is 4.79 Å². The molecule has 0 radical (unpaired) electrons. The molecule has 2 rings (SSSR count). The molecule has 0 aromatic heterocycles. The first kappa shape index (κ1) is 14.4. The zero-order valence-electron chi connectivity index (χ0n) is 11.4. The molecule has 0 aliphatic rings. The van der Waals surface area contributed by atoms with Crippen LogP contribution in [0.1, 0.15) is 12.5 Å². The highest BCUT2D eigenvalue weighted by atomic mass is 32.2. The summed E-state index contributed by atoms with van der Waals surface area (Å²) in [4.78, 5) is 12.0. The Morgan fingerprint density at radius 1 is 1.05 bits per heavy atom. The molecule has 0 saturated heterocycles. The van der Waals surface area contributed by atoms with Crippen LogP contribution in [0.2, 0.25) is 0 Å². The molecule has 0 unspecified atom stereocenters. The number of benzene rings is 2. The molecule has 0 bridgehead atoms. The van der Waals surface area contributed by atoms with Crippen LogP contribution < -0.4 is 5.73 Å². The summed E-state index contributed by atoms with van der Waals surface area (Å²) in [5.41, 5.74) is 8.39. The van der Waals surface area contributed by atoms with Crippen LogP contribution in [0.5, 0.6) is 0 Å². The topological polar surface area (TPSA) is 43.1 Å². The van der Waals surface area contributed by atoms with Gasteiger partial charge in [-0.1, -0.05) is 43.3 Å². The van der Waals surface area contributed by atoms with Gasteiger partial charge >= 0.3 is 0 Å². The van der Waals surface area contributed by atoms with E-state index in [9.17, 15) is 4.79 Å². The maximum absolute atomic E-state index is 10.7. The number of hydrogen-bond donors (Lipinski definition) is 1. The highest BCUT2D eigenvalue weighted by Gasteiger charge is 1.98. The number of thioether (sulfide) groups is 1. The van der Waals surface area contributed by atoms with Crippen LogP contribution in [0, 0.1) is 0 Å². The second-order valence-electron chi connectivity index (χ2n) is 4.32. The molecule has 2 aromatic rings. The average Bonchev–Trinajstić information content (AvgIpc) is 2.47. The Kier molecular flexibility index (Phi) is 5.02. The van der Waals surface area contributed by atoms with Gasteiger partial charge in [0.1, 0.15) is 0 Å². The predicted molar refractivity (Wildman–Crippen MR) is 86.5 cm³/mol. The van der Waals surface area contributed by atoms with Crippen LogP contribution in [0.25, 0.3) is 17.2 Å². The molecule has 20 heavy (non-hydrogen) atoms. The third-order valence-electron chi connectivity index (χ3n) is 2.85. The third kappa shape index (κ3) is 4.00. The highest BCUT2D eigenvalue weighted by Crippen LogP contribution is 2.24. The summed E-state index contributed by atoms with van der Waals surface area (Å²) in [6, 6.07) is 16.6. The van der Waals surface area contributed by atoms with Gasteiger partial charge in [0.15, 0.2) is 0 Å². The lowest BCUT2D eigenvalue weighted by atomic mass is 10.0. The molecule has 2 N–H and O–H groups in total. The molecule has 0 fully saturated rings. The lowest BCUT2D eigenvalue weighted by Gasteiger charge is -2.04. The first-order chi connectivity index (χ1) is 9.69. The van der Waals surface area contributed by atoms with Crippen molar-refractivity contribution in [1.29, 1.82) is 0 Å². The number of primary amides is 1. The molecule has 3 heteroatoms. The van der Waals surface area contributed by atoms with Crippen molar-refractivity contribution in [2.45, 2.75) is 11.8 Å². The number of hydrogen-bond acceptors (Lipinski definition) is 2. The molecule has 102 valence electrons. The van der Waals surface area contributed by atoms with Crippen LogP contribution in [0.4, 0.5) is 0 Å². The van der Waals surface area contributed by atoms with Crippen molar-refractivity contribution in [3.05, 3.63) is 60.2 Å². The molecule has 0 heterocycles. The van der Waals surface area contributed by atoms with Gasteiger partial charge < -0.3 is 5.73 Å². The Morgan fingerprint density at radius 2 is 1.60 bits per heavy atom. The van der Waals surface area contributed by atoms with E-state index in [1.165, 1.54) is 16.5 Å². The quantitative estimate of drug-likeness (QED) is 0.666. The fraction of sp³-hybridized carbons (Fsp3) is 0.118. The third-order valence-corrected chi connectivity index (χ3v) is 3.74. The Labute approximate surface area is 123 Å². The normalized spacial score (nSPS) is 10.8. The lowest BCUT2D eigenvalue weighted by Crippen LogP contribution is -2.04. The lowest BCUT2D eigenvalue weighted by molar-refractivity contribution is -0.113. The summed E-state index contributed by atoms with van der Waals surface area (Å²) in [5, 5.41) is 0. The van der Waals surface area contributed by atoms with Crippen molar-refractivity contribution in [3.8, 4) is 11.1 Å². The van der Waals surface area contributed by atoms with E-state index in [0.717, 1.165) is 16.9 Å². The Morgan fingerprint density at radius 3 is 2.10 bits per heavy atom. The maximum Gasteiger partial charge on any atom is 0.241 e. The van der Waals surface area contributed by atoms with Gasteiger partial charge in [0.25, 0.3) is 0 Å². The molecule has 0 spiro atoms. The maximum atomic E-state index is 10.7. The summed E-state index contributed by atoms with van der Waals surface area (Å²) in [7, 11) is 0. The molecule has 1 amide bonds. The van der Waals surface area contributed by atoms with Crippen LogP contribution in [-0.4, -0.2) is 11.7 Å². The van der Waals surface area contributed by atoms with E-state index in [1.54, 1.807) is 6.08 Å². The number of carbonyl (C=O) groups is 1. The second-order valence-corrected chi connectivity index (χ2v) is 5.65. The Bertz CT molecular complexity index is 600. The van der Waals surface area contributed by atoms with Gasteiger partial charge in [0, 0.05) is 11.0 Å². The first-order valence-corrected chi connectivity index (χ1v) is 7.48.